The maximum Gasteiger partial charge on any atom is 0.410 e. The SMILES string of the molecule is CC(C)(C)OC(=O)N1CC(COc2cccc(NC(=O)Nc3csc(Br)n3)n2)C1. The fourth-order valence-corrected chi connectivity index (χ4v) is 3.44. The second-order valence-electron chi connectivity index (χ2n) is 7.49. The highest BCUT2D eigenvalue weighted by Crippen LogP contribution is 2.22. The molecule has 0 unspecified atom stereocenters. The van der Waals surface area contributed by atoms with Gasteiger partial charge >= 0.3 is 12.1 Å². The summed E-state index contributed by atoms with van der Waals surface area (Å²) in [5, 5.41) is 6.98. The van der Waals surface area contributed by atoms with Gasteiger partial charge in [0, 0.05) is 30.5 Å². The molecular weight excluding hydrogens is 462 g/mol. The minimum Gasteiger partial charge on any atom is -0.477 e. The van der Waals surface area contributed by atoms with Crippen LogP contribution in [0.2, 0.25) is 0 Å². The van der Waals surface area contributed by atoms with Crippen molar-refractivity contribution in [3.05, 3.63) is 27.5 Å². The summed E-state index contributed by atoms with van der Waals surface area (Å²) in [6.45, 7) is 7.11. The molecule has 29 heavy (non-hydrogen) atoms. The largest absolute Gasteiger partial charge is 0.477 e. The first-order chi connectivity index (χ1) is 13.7. The zero-order valence-corrected chi connectivity index (χ0v) is 18.7. The van der Waals surface area contributed by atoms with E-state index in [1.165, 1.54) is 11.3 Å². The van der Waals surface area contributed by atoms with Crippen LogP contribution >= 0.6 is 27.3 Å². The van der Waals surface area contributed by atoms with Crippen molar-refractivity contribution in [2.24, 2.45) is 5.92 Å². The Labute approximate surface area is 180 Å². The van der Waals surface area contributed by atoms with E-state index in [2.05, 4.69) is 36.5 Å². The van der Waals surface area contributed by atoms with E-state index < -0.39 is 11.6 Å². The standard InChI is InChI=1S/C18H22BrN5O4S/c1-18(2,3)28-17(26)24-7-11(8-24)9-27-14-6-4-5-12(20-14)22-16(25)23-13-10-29-15(19)21-13/h4-6,10-11H,7-9H2,1-3H3,(H2,20,22,23,25). The molecule has 0 bridgehead atoms. The van der Waals surface area contributed by atoms with Gasteiger partial charge in [0.05, 0.1) is 6.61 Å². The third-order valence-electron chi connectivity index (χ3n) is 3.76. The van der Waals surface area contributed by atoms with E-state index in [4.69, 9.17) is 9.47 Å². The van der Waals surface area contributed by atoms with Crippen LogP contribution in [-0.4, -0.2) is 52.3 Å². The lowest BCUT2D eigenvalue weighted by molar-refractivity contribution is -0.00806. The zero-order valence-electron chi connectivity index (χ0n) is 16.3. The molecule has 2 aromatic heterocycles. The molecule has 2 aromatic rings. The maximum absolute atomic E-state index is 12.0. The predicted molar refractivity (Wildman–Crippen MR) is 113 cm³/mol. The highest BCUT2D eigenvalue weighted by molar-refractivity contribution is 9.11. The van der Waals surface area contributed by atoms with Gasteiger partial charge in [-0.05, 0) is 42.8 Å². The number of anilines is 2. The quantitative estimate of drug-likeness (QED) is 0.660. The van der Waals surface area contributed by atoms with Crippen LogP contribution in [0.4, 0.5) is 21.2 Å². The normalized spacial score (nSPS) is 14.1. The summed E-state index contributed by atoms with van der Waals surface area (Å²) in [5.74, 6) is 1.42. The molecule has 156 valence electrons. The Morgan fingerprint density at radius 3 is 2.62 bits per heavy atom. The van der Waals surface area contributed by atoms with Crippen molar-refractivity contribution in [2.75, 3.05) is 30.3 Å². The van der Waals surface area contributed by atoms with Gasteiger partial charge in [-0.3, -0.25) is 10.6 Å². The number of rotatable bonds is 5. The lowest BCUT2D eigenvalue weighted by Crippen LogP contribution is -2.53. The molecule has 1 fully saturated rings. The van der Waals surface area contributed by atoms with Crippen LogP contribution < -0.4 is 15.4 Å². The number of aromatic nitrogens is 2. The molecule has 2 N–H and O–H groups in total. The topological polar surface area (TPSA) is 106 Å². The van der Waals surface area contributed by atoms with E-state index in [0.29, 0.717) is 41.1 Å². The Balaban J connectivity index is 1.42. The first kappa shape index (κ1) is 21.3. The number of urea groups is 1. The third-order valence-corrected chi connectivity index (χ3v) is 5.12. The predicted octanol–water partition coefficient (Wildman–Crippen LogP) is 4.19. The molecule has 3 amide bonds. The highest BCUT2D eigenvalue weighted by Gasteiger charge is 2.34. The Morgan fingerprint density at radius 1 is 1.24 bits per heavy atom. The second kappa shape index (κ2) is 8.95. The van der Waals surface area contributed by atoms with Gasteiger partial charge in [0.2, 0.25) is 5.88 Å². The Bertz CT molecular complexity index is 879. The molecule has 3 heterocycles. The molecular formula is C18H22BrN5O4S. The van der Waals surface area contributed by atoms with Gasteiger partial charge in [-0.25, -0.2) is 14.6 Å². The number of pyridine rings is 1. The van der Waals surface area contributed by atoms with Gasteiger partial charge in [0.1, 0.15) is 17.2 Å². The van der Waals surface area contributed by atoms with Crippen molar-refractivity contribution in [3.63, 3.8) is 0 Å². The molecule has 0 atom stereocenters. The molecule has 3 rings (SSSR count). The number of thiazole rings is 1. The second-order valence-corrected chi connectivity index (χ2v) is 9.62. The van der Waals surface area contributed by atoms with Gasteiger partial charge in [-0.1, -0.05) is 6.07 Å². The van der Waals surface area contributed by atoms with Crippen molar-refractivity contribution < 1.29 is 19.1 Å². The van der Waals surface area contributed by atoms with Gasteiger partial charge in [-0.15, -0.1) is 11.3 Å². The molecule has 0 radical (unpaired) electrons. The van der Waals surface area contributed by atoms with Crippen LogP contribution in [-0.2, 0) is 4.74 Å². The van der Waals surface area contributed by atoms with Gasteiger partial charge in [-0.2, -0.15) is 4.98 Å². The monoisotopic (exact) mass is 483 g/mol. The first-order valence-electron chi connectivity index (χ1n) is 8.95. The third kappa shape index (κ3) is 6.57. The van der Waals surface area contributed by atoms with E-state index in [-0.39, 0.29) is 12.0 Å². The molecule has 0 aromatic carbocycles. The van der Waals surface area contributed by atoms with E-state index in [1.807, 2.05) is 20.8 Å². The average Bonchev–Trinajstić information content (AvgIpc) is 2.96. The van der Waals surface area contributed by atoms with E-state index in [1.54, 1.807) is 28.5 Å². The molecule has 0 spiro atoms. The summed E-state index contributed by atoms with van der Waals surface area (Å²) in [5.41, 5.74) is -0.502. The number of ether oxygens (including phenoxy) is 2. The smallest absolute Gasteiger partial charge is 0.410 e. The van der Waals surface area contributed by atoms with Crippen molar-refractivity contribution >= 4 is 51.0 Å². The van der Waals surface area contributed by atoms with Crippen LogP contribution in [0.5, 0.6) is 5.88 Å². The van der Waals surface area contributed by atoms with Gasteiger partial charge in [0.15, 0.2) is 3.92 Å². The molecule has 0 saturated carbocycles. The molecule has 1 saturated heterocycles. The average molecular weight is 484 g/mol. The van der Waals surface area contributed by atoms with E-state index >= 15 is 0 Å². The number of hydrogen-bond acceptors (Lipinski definition) is 7. The number of nitrogens with zero attached hydrogens (tertiary/aromatic N) is 3. The number of carbonyl (C=O) groups is 2. The van der Waals surface area contributed by atoms with Gasteiger partial charge in [0.25, 0.3) is 0 Å². The van der Waals surface area contributed by atoms with Crippen LogP contribution in [0.25, 0.3) is 0 Å². The minimum atomic E-state index is -0.502. The molecule has 9 nitrogen and oxygen atoms in total. The maximum atomic E-state index is 12.0. The lowest BCUT2D eigenvalue weighted by Gasteiger charge is -2.39. The molecule has 1 aliphatic rings. The lowest BCUT2D eigenvalue weighted by atomic mass is 10.0. The molecule has 1 aliphatic heterocycles. The summed E-state index contributed by atoms with van der Waals surface area (Å²) >= 11 is 4.61. The van der Waals surface area contributed by atoms with Crippen LogP contribution in [0.3, 0.4) is 0 Å². The zero-order chi connectivity index (χ0) is 21.0. The summed E-state index contributed by atoms with van der Waals surface area (Å²) in [4.78, 5) is 34.0. The summed E-state index contributed by atoms with van der Waals surface area (Å²) in [6.07, 6.45) is -0.309. The Kier molecular flexibility index (Phi) is 6.58. The summed E-state index contributed by atoms with van der Waals surface area (Å²) in [7, 11) is 0. The van der Waals surface area contributed by atoms with Crippen LogP contribution in [0.15, 0.2) is 27.5 Å². The number of nitrogens with one attached hydrogen (secondary N) is 2. The van der Waals surface area contributed by atoms with Crippen molar-refractivity contribution in [1.29, 1.82) is 0 Å². The van der Waals surface area contributed by atoms with Crippen LogP contribution in [0, 0.1) is 5.92 Å². The Morgan fingerprint density at radius 2 is 1.97 bits per heavy atom. The number of hydrogen-bond donors (Lipinski definition) is 2. The van der Waals surface area contributed by atoms with Crippen molar-refractivity contribution in [2.45, 2.75) is 26.4 Å². The molecule has 0 aliphatic carbocycles. The summed E-state index contributed by atoms with van der Waals surface area (Å²) in [6, 6.07) is 4.67. The van der Waals surface area contributed by atoms with Crippen molar-refractivity contribution in [1.82, 2.24) is 14.9 Å². The minimum absolute atomic E-state index is 0.215. The highest BCUT2D eigenvalue weighted by atomic mass is 79.9. The number of amides is 3. The number of carbonyl (C=O) groups excluding carboxylic acids is 2. The van der Waals surface area contributed by atoms with E-state index in [0.717, 1.165) is 0 Å². The van der Waals surface area contributed by atoms with E-state index in [9.17, 15) is 9.59 Å². The summed E-state index contributed by atoms with van der Waals surface area (Å²) < 4.78 is 11.7. The number of likely N-dealkylation sites (tertiary alicyclic amines) is 1. The fourth-order valence-electron chi connectivity index (χ4n) is 2.49. The number of halogens is 1. The molecule has 11 heteroatoms. The van der Waals surface area contributed by atoms with Gasteiger partial charge < -0.3 is 14.4 Å². The van der Waals surface area contributed by atoms with Crippen molar-refractivity contribution in [3.8, 4) is 5.88 Å². The fraction of sp³-hybridized carbons (Fsp3) is 0.444. The first-order valence-corrected chi connectivity index (χ1v) is 10.6. The Hall–Kier alpha value is -2.40. The van der Waals surface area contributed by atoms with Crippen LogP contribution in [0.1, 0.15) is 20.8 Å².